The second kappa shape index (κ2) is 5.78. The molecule has 126 valence electrons. The first-order chi connectivity index (χ1) is 12.1. The molecule has 0 aliphatic heterocycles. The molecular formula is C16H16N8O. The number of methoxy groups -OCH3 is 1. The number of aromatic nitrogens is 6. The first-order valence-corrected chi connectivity index (χ1v) is 7.54. The molecule has 0 aliphatic carbocycles. The number of hydrogen-bond acceptors (Lipinski definition) is 7. The van der Waals surface area contributed by atoms with Crippen LogP contribution >= 0.6 is 0 Å². The van der Waals surface area contributed by atoms with Gasteiger partial charge in [0.2, 0.25) is 5.95 Å². The van der Waals surface area contributed by atoms with Crippen molar-refractivity contribution in [2.24, 2.45) is 7.05 Å². The quantitative estimate of drug-likeness (QED) is 0.548. The lowest BCUT2D eigenvalue weighted by Crippen LogP contribution is -1.97. The highest BCUT2D eigenvalue weighted by atomic mass is 16.5. The molecule has 1 aromatic carbocycles. The predicted molar refractivity (Wildman–Crippen MR) is 93.7 cm³/mol. The van der Waals surface area contributed by atoms with Gasteiger partial charge < -0.3 is 15.8 Å². The van der Waals surface area contributed by atoms with E-state index in [1.54, 1.807) is 47.0 Å². The van der Waals surface area contributed by atoms with E-state index in [1.165, 1.54) is 0 Å². The topological polar surface area (TPSA) is 108 Å². The van der Waals surface area contributed by atoms with Crippen LogP contribution in [0.3, 0.4) is 0 Å². The van der Waals surface area contributed by atoms with E-state index in [0.717, 1.165) is 16.9 Å². The summed E-state index contributed by atoms with van der Waals surface area (Å²) in [6.07, 6.45) is 7.04. The molecule has 3 heterocycles. The Morgan fingerprint density at radius 1 is 1.20 bits per heavy atom. The van der Waals surface area contributed by atoms with Gasteiger partial charge in [-0.15, -0.1) is 5.10 Å². The number of aryl methyl sites for hydroxylation is 1. The number of anilines is 3. The molecule has 3 N–H and O–H groups in total. The maximum absolute atomic E-state index is 5.84. The molecule has 0 amide bonds. The molecule has 0 unspecified atom stereocenters. The van der Waals surface area contributed by atoms with Crippen molar-refractivity contribution >= 4 is 23.0 Å². The van der Waals surface area contributed by atoms with Crippen molar-refractivity contribution in [1.29, 1.82) is 0 Å². The van der Waals surface area contributed by atoms with Gasteiger partial charge in [0.15, 0.2) is 5.65 Å². The summed E-state index contributed by atoms with van der Waals surface area (Å²) in [4.78, 5) is 8.69. The first kappa shape index (κ1) is 14.9. The van der Waals surface area contributed by atoms with Gasteiger partial charge in [-0.25, -0.2) is 4.52 Å². The minimum absolute atomic E-state index is 0.449. The SMILES string of the molecule is COc1cc(Nc2nc3cncc(-c4cnn(C)c4)n3n2)ccc1N. The maximum atomic E-state index is 5.84. The number of nitrogen functional groups attached to an aromatic ring is 1. The van der Waals surface area contributed by atoms with Crippen molar-refractivity contribution in [3.05, 3.63) is 43.0 Å². The maximum Gasteiger partial charge on any atom is 0.247 e. The Kier molecular flexibility index (Phi) is 3.46. The summed E-state index contributed by atoms with van der Waals surface area (Å²) in [5.74, 6) is 1.04. The average molecular weight is 336 g/mol. The molecular weight excluding hydrogens is 320 g/mol. The Balaban J connectivity index is 1.72. The fourth-order valence-corrected chi connectivity index (χ4v) is 2.54. The van der Waals surface area contributed by atoms with Crippen LogP contribution in [0.1, 0.15) is 0 Å². The fraction of sp³-hybridized carbons (Fsp3) is 0.125. The van der Waals surface area contributed by atoms with Crippen LogP contribution in [0.2, 0.25) is 0 Å². The van der Waals surface area contributed by atoms with Gasteiger partial charge in [0.25, 0.3) is 0 Å². The number of nitrogens with zero attached hydrogens (tertiary/aromatic N) is 6. The van der Waals surface area contributed by atoms with E-state index >= 15 is 0 Å². The highest BCUT2D eigenvalue weighted by Gasteiger charge is 2.11. The van der Waals surface area contributed by atoms with Gasteiger partial charge >= 0.3 is 0 Å². The van der Waals surface area contributed by atoms with Crippen molar-refractivity contribution in [2.45, 2.75) is 0 Å². The summed E-state index contributed by atoms with van der Waals surface area (Å²) in [5, 5.41) is 11.9. The lowest BCUT2D eigenvalue weighted by atomic mass is 10.2. The standard InChI is InChI=1S/C16H16N8O/c1-23-9-10(6-19-23)13-7-18-8-15-21-16(22-24(13)15)20-11-3-4-12(17)14(5-11)25-2/h3-9H,17H2,1-2H3,(H,20,22). The second-order valence-corrected chi connectivity index (χ2v) is 5.48. The van der Waals surface area contributed by atoms with Crippen LogP contribution in [0, 0.1) is 0 Å². The normalized spacial score (nSPS) is 11.0. The van der Waals surface area contributed by atoms with Crippen molar-refractivity contribution in [3.63, 3.8) is 0 Å². The van der Waals surface area contributed by atoms with Crippen molar-refractivity contribution < 1.29 is 4.74 Å². The Labute approximate surface area is 143 Å². The minimum atomic E-state index is 0.449. The molecule has 25 heavy (non-hydrogen) atoms. The van der Waals surface area contributed by atoms with E-state index in [0.29, 0.717) is 23.0 Å². The summed E-state index contributed by atoms with van der Waals surface area (Å²) >= 11 is 0. The third-order valence-electron chi connectivity index (χ3n) is 3.74. The van der Waals surface area contributed by atoms with E-state index in [-0.39, 0.29) is 0 Å². The average Bonchev–Trinajstić information content (AvgIpc) is 3.21. The summed E-state index contributed by atoms with van der Waals surface area (Å²) in [7, 11) is 3.43. The number of benzene rings is 1. The highest BCUT2D eigenvalue weighted by molar-refractivity contribution is 5.66. The van der Waals surface area contributed by atoms with Crippen LogP contribution in [0.25, 0.3) is 16.9 Å². The van der Waals surface area contributed by atoms with E-state index in [2.05, 4.69) is 25.5 Å². The van der Waals surface area contributed by atoms with Crippen molar-refractivity contribution in [3.8, 4) is 17.0 Å². The molecule has 0 bridgehead atoms. The Bertz CT molecular complexity index is 1050. The fourth-order valence-electron chi connectivity index (χ4n) is 2.54. The zero-order chi connectivity index (χ0) is 17.4. The summed E-state index contributed by atoms with van der Waals surface area (Å²) in [6, 6.07) is 5.39. The molecule has 0 atom stereocenters. The Morgan fingerprint density at radius 2 is 2.08 bits per heavy atom. The third-order valence-corrected chi connectivity index (χ3v) is 3.74. The van der Waals surface area contributed by atoms with Crippen LogP contribution < -0.4 is 15.8 Å². The lowest BCUT2D eigenvalue weighted by molar-refractivity contribution is 0.417. The van der Waals surface area contributed by atoms with Gasteiger partial charge in [0.1, 0.15) is 5.75 Å². The van der Waals surface area contributed by atoms with Crippen molar-refractivity contribution in [1.82, 2.24) is 29.4 Å². The molecule has 3 aromatic heterocycles. The van der Waals surface area contributed by atoms with Crippen molar-refractivity contribution in [2.75, 3.05) is 18.2 Å². The molecule has 0 aliphatic rings. The highest BCUT2D eigenvalue weighted by Crippen LogP contribution is 2.27. The van der Waals surface area contributed by atoms with Crippen LogP contribution in [-0.4, -0.2) is 36.5 Å². The smallest absolute Gasteiger partial charge is 0.247 e. The van der Waals surface area contributed by atoms with Crippen LogP contribution in [0.15, 0.2) is 43.0 Å². The zero-order valence-corrected chi connectivity index (χ0v) is 13.7. The van der Waals surface area contributed by atoms with Gasteiger partial charge in [-0.05, 0) is 12.1 Å². The van der Waals surface area contributed by atoms with Gasteiger partial charge in [-0.3, -0.25) is 9.67 Å². The number of ether oxygens (including phenoxy) is 1. The van der Waals surface area contributed by atoms with Gasteiger partial charge in [0, 0.05) is 30.6 Å². The molecule has 0 saturated heterocycles. The summed E-state index contributed by atoms with van der Waals surface area (Å²) in [5.41, 5.74) is 9.53. The number of hydrogen-bond donors (Lipinski definition) is 2. The Hall–Kier alpha value is -3.62. The lowest BCUT2D eigenvalue weighted by Gasteiger charge is -2.07. The molecule has 0 fully saturated rings. The first-order valence-electron chi connectivity index (χ1n) is 7.54. The van der Waals surface area contributed by atoms with Gasteiger partial charge in [-0.1, -0.05) is 0 Å². The number of rotatable bonds is 4. The molecule has 0 saturated carbocycles. The zero-order valence-electron chi connectivity index (χ0n) is 13.7. The largest absolute Gasteiger partial charge is 0.495 e. The minimum Gasteiger partial charge on any atom is -0.495 e. The monoisotopic (exact) mass is 336 g/mol. The van der Waals surface area contributed by atoms with Crippen LogP contribution in [0.4, 0.5) is 17.3 Å². The van der Waals surface area contributed by atoms with Crippen LogP contribution in [0.5, 0.6) is 5.75 Å². The summed E-state index contributed by atoms with van der Waals surface area (Å²) in [6.45, 7) is 0. The van der Waals surface area contributed by atoms with E-state index in [4.69, 9.17) is 10.5 Å². The second-order valence-electron chi connectivity index (χ2n) is 5.48. The molecule has 9 heteroatoms. The van der Waals surface area contributed by atoms with Gasteiger partial charge in [-0.2, -0.15) is 10.1 Å². The Morgan fingerprint density at radius 3 is 2.84 bits per heavy atom. The molecule has 4 rings (SSSR count). The molecule has 0 spiro atoms. The van der Waals surface area contributed by atoms with E-state index < -0.39 is 0 Å². The molecule has 0 radical (unpaired) electrons. The third kappa shape index (κ3) is 2.71. The van der Waals surface area contributed by atoms with E-state index in [9.17, 15) is 0 Å². The molecule has 4 aromatic rings. The van der Waals surface area contributed by atoms with Gasteiger partial charge in [0.05, 0.1) is 37.1 Å². The molecule has 9 nitrogen and oxygen atoms in total. The number of fused-ring (bicyclic) bond motifs is 1. The van der Waals surface area contributed by atoms with Crippen LogP contribution in [-0.2, 0) is 7.05 Å². The number of nitrogens with two attached hydrogens (primary N) is 1. The summed E-state index contributed by atoms with van der Waals surface area (Å²) < 4.78 is 8.68. The number of nitrogens with one attached hydrogen (secondary N) is 1. The predicted octanol–water partition coefficient (Wildman–Crippen LogP) is 1.86. The van der Waals surface area contributed by atoms with E-state index in [1.807, 2.05) is 19.3 Å².